The van der Waals surface area contributed by atoms with Crippen molar-refractivity contribution in [2.24, 2.45) is 0 Å². The smallest absolute Gasteiger partial charge is 0.166 e. The normalized spacial score (nSPS) is 12.6. The molecule has 0 aliphatic heterocycles. The maximum atomic E-state index is 12.5. The molecule has 18 heavy (non-hydrogen) atoms. The molecule has 0 bridgehead atoms. The molecule has 0 atom stereocenters. The number of benzene rings is 1. The second kappa shape index (κ2) is 5.04. The Morgan fingerprint density at radius 3 is 1.67 bits per heavy atom. The van der Waals surface area contributed by atoms with Crippen LogP contribution in [-0.4, -0.2) is 0 Å². The third-order valence-electron chi connectivity index (χ3n) is 2.28. The van der Waals surface area contributed by atoms with Crippen LogP contribution < -0.4 is 0 Å². The van der Waals surface area contributed by atoms with Gasteiger partial charge in [0.1, 0.15) is 0 Å². The fraction of sp³-hybridized carbons (Fsp3) is 0.333. The summed E-state index contributed by atoms with van der Waals surface area (Å²) in [4.78, 5) is 0. The average Bonchev–Trinajstić information content (AvgIpc) is 2.23. The number of hydrogen-bond donors (Lipinski definition) is 0. The van der Waals surface area contributed by atoms with E-state index in [1.165, 1.54) is 6.08 Å². The van der Waals surface area contributed by atoms with E-state index in [2.05, 4.69) is 6.58 Å². The van der Waals surface area contributed by atoms with Gasteiger partial charge in [-0.15, -0.1) is 6.58 Å². The Balaban J connectivity index is 3.24. The average molecular weight is 268 g/mol. The quantitative estimate of drug-likeness (QED) is 0.543. The zero-order valence-electron chi connectivity index (χ0n) is 9.20. The van der Waals surface area contributed by atoms with Gasteiger partial charge in [-0.2, -0.15) is 26.3 Å². The number of alkyl halides is 6. The molecule has 0 N–H and O–H groups in total. The van der Waals surface area contributed by atoms with E-state index in [0.717, 1.165) is 12.1 Å². The second-order valence-corrected chi connectivity index (χ2v) is 3.74. The molecule has 0 heterocycles. The van der Waals surface area contributed by atoms with Crippen LogP contribution in [-0.2, 0) is 18.8 Å². The van der Waals surface area contributed by atoms with Crippen molar-refractivity contribution in [3.63, 3.8) is 0 Å². The summed E-state index contributed by atoms with van der Waals surface area (Å²) in [6.45, 7) is 3.37. The van der Waals surface area contributed by atoms with E-state index >= 15 is 0 Å². The van der Waals surface area contributed by atoms with Gasteiger partial charge < -0.3 is 0 Å². The molecule has 6 heteroatoms. The van der Waals surface area contributed by atoms with Gasteiger partial charge in [0.25, 0.3) is 0 Å². The molecule has 0 spiro atoms. The van der Waals surface area contributed by atoms with Gasteiger partial charge in [0.05, 0.1) is 11.1 Å². The molecule has 0 aliphatic carbocycles. The van der Waals surface area contributed by atoms with Crippen molar-refractivity contribution in [2.75, 3.05) is 0 Å². The molecule has 0 nitrogen and oxygen atoms in total. The van der Waals surface area contributed by atoms with E-state index in [0.29, 0.717) is 6.42 Å². The summed E-state index contributed by atoms with van der Waals surface area (Å²) in [5.41, 5.74) is -2.56. The van der Waals surface area contributed by atoms with Crippen molar-refractivity contribution >= 4 is 0 Å². The molecule has 0 amide bonds. The van der Waals surface area contributed by atoms with E-state index < -0.39 is 23.5 Å². The lowest BCUT2D eigenvalue weighted by Gasteiger charge is -2.13. The first-order valence-corrected chi connectivity index (χ1v) is 5.04. The maximum Gasteiger partial charge on any atom is 0.416 e. The number of allylic oxidation sites excluding steroid dienone is 1. The van der Waals surface area contributed by atoms with Crippen LogP contribution in [0.25, 0.3) is 0 Å². The standard InChI is InChI=1S/C12H10F6/c1-2-3-4-8-5-9(11(13,14)15)7-10(6-8)12(16,17)18/h2,5-7H,1,3-4H2. The van der Waals surface area contributed by atoms with Gasteiger partial charge in [-0.05, 0) is 36.6 Å². The molecular weight excluding hydrogens is 258 g/mol. The fourth-order valence-corrected chi connectivity index (χ4v) is 1.43. The molecule has 0 saturated heterocycles. The monoisotopic (exact) mass is 268 g/mol. The summed E-state index contributed by atoms with van der Waals surface area (Å²) in [6, 6.07) is 1.59. The first-order valence-electron chi connectivity index (χ1n) is 5.04. The van der Waals surface area contributed by atoms with Crippen LogP contribution in [0.4, 0.5) is 26.3 Å². The van der Waals surface area contributed by atoms with E-state index in [1.54, 1.807) is 0 Å². The van der Waals surface area contributed by atoms with Crippen LogP contribution in [0, 0.1) is 0 Å². The number of aryl methyl sites for hydroxylation is 1. The van der Waals surface area contributed by atoms with Crippen LogP contribution in [0.1, 0.15) is 23.1 Å². The van der Waals surface area contributed by atoms with Crippen LogP contribution in [0.5, 0.6) is 0 Å². The van der Waals surface area contributed by atoms with Gasteiger partial charge in [0.15, 0.2) is 0 Å². The molecule has 0 unspecified atom stereocenters. The molecule has 1 aromatic rings. The summed E-state index contributed by atoms with van der Waals surface area (Å²) in [5, 5.41) is 0. The molecule has 1 aromatic carbocycles. The highest BCUT2D eigenvalue weighted by molar-refractivity contribution is 5.33. The van der Waals surface area contributed by atoms with Crippen LogP contribution in [0.2, 0.25) is 0 Å². The lowest BCUT2D eigenvalue weighted by atomic mass is 10.0. The molecule has 0 aliphatic rings. The predicted molar refractivity (Wildman–Crippen MR) is 55.0 cm³/mol. The van der Waals surface area contributed by atoms with Crippen molar-refractivity contribution in [2.45, 2.75) is 25.2 Å². The third kappa shape index (κ3) is 3.78. The summed E-state index contributed by atoms with van der Waals surface area (Å²) in [6.07, 6.45) is -7.73. The molecular formula is C12H10F6. The Hall–Kier alpha value is -1.46. The Labute approximate surface area is 99.9 Å². The zero-order valence-corrected chi connectivity index (χ0v) is 9.20. The van der Waals surface area contributed by atoms with Gasteiger partial charge in [0, 0.05) is 0 Å². The topological polar surface area (TPSA) is 0 Å². The van der Waals surface area contributed by atoms with Crippen molar-refractivity contribution in [1.82, 2.24) is 0 Å². The Bertz CT molecular complexity index is 395. The van der Waals surface area contributed by atoms with Crippen LogP contribution in [0.15, 0.2) is 30.9 Å². The predicted octanol–water partition coefficient (Wildman–Crippen LogP) is 4.84. The molecule has 0 saturated carbocycles. The Morgan fingerprint density at radius 1 is 0.889 bits per heavy atom. The largest absolute Gasteiger partial charge is 0.416 e. The number of hydrogen-bond acceptors (Lipinski definition) is 0. The molecule has 0 radical (unpaired) electrons. The maximum absolute atomic E-state index is 12.5. The van der Waals surface area contributed by atoms with Gasteiger partial charge in [-0.3, -0.25) is 0 Å². The van der Waals surface area contributed by atoms with Gasteiger partial charge in [0.2, 0.25) is 0 Å². The SMILES string of the molecule is C=CCCc1cc(C(F)(F)F)cc(C(F)(F)F)c1. The van der Waals surface area contributed by atoms with Crippen LogP contribution >= 0.6 is 0 Å². The second-order valence-electron chi connectivity index (χ2n) is 3.74. The van der Waals surface area contributed by atoms with Gasteiger partial charge in [-0.25, -0.2) is 0 Å². The number of rotatable bonds is 3. The minimum Gasteiger partial charge on any atom is -0.166 e. The van der Waals surface area contributed by atoms with Crippen molar-refractivity contribution in [3.05, 3.63) is 47.5 Å². The van der Waals surface area contributed by atoms with Crippen molar-refractivity contribution in [1.29, 1.82) is 0 Å². The minimum absolute atomic E-state index is 0.00273. The van der Waals surface area contributed by atoms with E-state index in [1.807, 2.05) is 0 Å². The third-order valence-corrected chi connectivity index (χ3v) is 2.28. The molecule has 0 aromatic heterocycles. The lowest BCUT2D eigenvalue weighted by Crippen LogP contribution is -2.11. The zero-order chi connectivity index (χ0) is 14.0. The fourth-order valence-electron chi connectivity index (χ4n) is 1.43. The minimum atomic E-state index is -4.79. The summed E-state index contributed by atoms with van der Waals surface area (Å²) < 4.78 is 74.8. The summed E-state index contributed by atoms with van der Waals surface area (Å²) in [7, 11) is 0. The highest BCUT2D eigenvalue weighted by Gasteiger charge is 2.36. The Morgan fingerprint density at radius 2 is 1.33 bits per heavy atom. The first kappa shape index (κ1) is 14.6. The van der Waals surface area contributed by atoms with E-state index in [4.69, 9.17) is 0 Å². The van der Waals surface area contributed by atoms with Gasteiger partial charge in [-0.1, -0.05) is 6.08 Å². The summed E-state index contributed by atoms with van der Waals surface area (Å²) in [5.74, 6) is 0. The van der Waals surface area contributed by atoms with Crippen molar-refractivity contribution in [3.8, 4) is 0 Å². The molecule has 100 valence electrons. The van der Waals surface area contributed by atoms with E-state index in [-0.39, 0.29) is 18.1 Å². The highest BCUT2D eigenvalue weighted by Crippen LogP contribution is 2.36. The van der Waals surface area contributed by atoms with E-state index in [9.17, 15) is 26.3 Å². The molecule has 1 rings (SSSR count). The van der Waals surface area contributed by atoms with Crippen molar-refractivity contribution < 1.29 is 26.3 Å². The van der Waals surface area contributed by atoms with Crippen LogP contribution in [0.3, 0.4) is 0 Å². The molecule has 0 fully saturated rings. The highest BCUT2D eigenvalue weighted by atomic mass is 19.4. The Kier molecular flexibility index (Phi) is 4.09. The number of halogens is 6. The first-order chi connectivity index (χ1) is 8.14. The summed E-state index contributed by atoms with van der Waals surface area (Å²) >= 11 is 0. The lowest BCUT2D eigenvalue weighted by molar-refractivity contribution is -0.143. The van der Waals surface area contributed by atoms with Gasteiger partial charge >= 0.3 is 12.4 Å².